The Bertz CT molecular complexity index is 334. The molecule has 0 amide bonds. The van der Waals surface area contributed by atoms with Gasteiger partial charge in [0.2, 0.25) is 0 Å². The minimum absolute atomic E-state index is 0.122. The van der Waals surface area contributed by atoms with Crippen molar-refractivity contribution >= 4 is 27.7 Å². The molecule has 1 aromatic rings. The van der Waals surface area contributed by atoms with Crippen molar-refractivity contribution in [2.75, 3.05) is 12.4 Å². The van der Waals surface area contributed by atoms with Crippen LogP contribution in [0.3, 0.4) is 0 Å². The number of ether oxygens (including phenoxy) is 1. The fourth-order valence-electron chi connectivity index (χ4n) is 0.899. The molecule has 0 aliphatic carbocycles. The Kier molecular flexibility index (Phi) is 3.76. The van der Waals surface area contributed by atoms with Crippen molar-refractivity contribution in [3.8, 4) is 0 Å². The number of pyridine rings is 1. The summed E-state index contributed by atoms with van der Waals surface area (Å²) in [4.78, 5) is 26.1. The molecule has 0 atom stereocenters. The summed E-state index contributed by atoms with van der Waals surface area (Å²) in [5.74, 6) is -0.620. The monoisotopic (exact) mass is 257 g/mol. The number of nitrogens with zero attached hydrogens (tertiary/aromatic N) is 1. The Balaban J connectivity index is 3.01. The fraction of sp³-hybridized carbons (Fsp3) is 0.222. The SMILES string of the molecule is COC(=O)c1cncc(C(=O)CBr)c1. The summed E-state index contributed by atoms with van der Waals surface area (Å²) in [6.45, 7) is 0. The van der Waals surface area contributed by atoms with Crippen LogP contribution < -0.4 is 0 Å². The molecule has 0 aliphatic heterocycles. The van der Waals surface area contributed by atoms with Gasteiger partial charge in [-0.15, -0.1) is 0 Å². The molecular weight excluding hydrogens is 250 g/mol. The highest BCUT2D eigenvalue weighted by Gasteiger charge is 2.10. The molecule has 0 unspecified atom stereocenters. The molecule has 0 fully saturated rings. The zero-order chi connectivity index (χ0) is 10.6. The van der Waals surface area contributed by atoms with Gasteiger partial charge in [0.05, 0.1) is 18.0 Å². The van der Waals surface area contributed by atoms with Gasteiger partial charge in [0.1, 0.15) is 0 Å². The van der Waals surface area contributed by atoms with E-state index in [9.17, 15) is 9.59 Å². The lowest BCUT2D eigenvalue weighted by molar-refractivity contribution is 0.0600. The van der Waals surface area contributed by atoms with Crippen molar-refractivity contribution in [2.45, 2.75) is 0 Å². The van der Waals surface area contributed by atoms with Crippen LogP contribution in [0.15, 0.2) is 18.5 Å². The van der Waals surface area contributed by atoms with Crippen LogP contribution in [-0.4, -0.2) is 29.2 Å². The molecule has 0 saturated heterocycles. The highest BCUT2D eigenvalue weighted by molar-refractivity contribution is 9.09. The van der Waals surface area contributed by atoms with Crippen LogP contribution in [-0.2, 0) is 4.74 Å². The summed E-state index contributed by atoms with van der Waals surface area (Å²) in [6, 6.07) is 1.46. The van der Waals surface area contributed by atoms with Crippen molar-refractivity contribution in [1.29, 1.82) is 0 Å². The lowest BCUT2D eigenvalue weighted by atomic mass is 10.1. The molecule has 0 bridgehead atoms. The number of alkyl halides is 1. The smallest absolute Gasteiger partial charge is 0.339 e. The highest BCUT2D eigenvalue weighted by Crippen LogP contribution is 2.06. The highest BCUT2D eigenvalue weighted by atomic mass is 79.9. The van der Waals surface area contributed by atoms with Gasteiger partial charge in [-0.05, 0) is 6.07 Å². The first kappa shape index (κ1) is 10.8. The third-order valence-corrected chi connectivity index (χ3v) is 2.11. The average Bonchev–Trinajstić information content (AvgIpc) is 2.27. The minimum atomic E-state index is -0.498. The Morgan fingerprint density at radius 1 is 1.43 bits per heavy atom. The number of carbonyl (C=O) groups excluding carboxylic acids is 2. The van der Waals surface area contributed by atoms with Gasteiger partial charge in [-0.25, -0.2) is 4.79 Å². The van der Waals surface area contributed by atoms with Crippen LogP contribution in [0.25, 0.3) is 0 Å². The van der Waals surface area contributed by atoms with Crippen LogP contribution in [0.2, 0.25) is 0 Å². The molecule has 1 aromatic heterocycles. The molecule has 0 radical (unpaired) electrons. The van der Waals surface area contributed by atoms with Gasteiger partial charge in [-0.1, -0.05) is 15.9 Å². The number of ketones is 1. The molecule has 1 rings (SSSR count). The van der Waals surface area contributed by atoms with Gasteiger partial charge < -0.3 is 4.74 Å². The molecule has 4 nitrogen and oxygen atoms in total. The van der Waals surface area contributed by atoms with Crippen LogP contribution in [0, 0.1) is 0 Å². The summed E-state index contributed by atoms with van der Waals surface area (Å²) >= 11 is 3.04. The molecule has 1 heterocycles. The van der Waals surface area contributed by atoms with Crippen molar-refractivity contribution in [3.63, 3.8) is 0 Å². The van der Waals surface area contributed by atoms with E-state index in [0.29, 0.717) is 5.56 Å². The molecule has 0 saturated carbocycles. The first-order valence-corrected chi connectivity index (χ1v) is 4.93. The Hall–Kier alpha value is -1.23. The summed E-state index contributed by atoms with van der Waals surface area (Å²) in [6.07, 6.45) is 2.77. The van der Waals surface area contributed by atoms with E-state index in [1.807, 2.05) is 0 Å². The third kappa shape index (κ3) is 2.38. The quantitative estimate of drug-likeness (QED) is 0.467. The Morgan fingerprint density at radius 3 is 2.64 bits per heavy atom. The van der Waals surface area contributed by atoms with E-state index in [1.54, 1.807) is 0 Å². The average molecular weight is 258 g/mol. The van der Waals surface area contributed by atoms with Gasteiger partial charge in [-0.3, -0.25) is 9.78 Å². The van der Waals surface area contributed by atoms with E-state index in [-0.39, 0.29) is 16.7 Å². The molecule has 0 aliphatic rings. The maximum absolute atomic E-state index is 11.2. The van der Waals surface area contributed by atoms with Crippen molar-refractivity contribution in [1.82, 2.24) is 4.98 Å². The maximum Gasteiger partial charge on any atom is 0.339 e. The predicted molar refractivity (Wildman–Crippen MR) is 53.7 cm³/mol. The van der Waals surface area contributed by atoms with E-state index >= 15 is 0 Å². The van der Waals surface area contributed by atoms with Gasteiger partial charge in [0.15, 0.2) is 5.78 Å². The molecule has 5 heteroatoms. The molecule has 14 heavy (non-hydrogen) atoms. The maximum atomic E-state index is 11.2. The van der Waals surface area contributed by atoms with E-state index < -0.39 is 5.97 Å². The second-order valence-corrected chi connectivity index (χ2v) is 3.07. The summed E-state index contributed by atoms with van der Waals surface area (Å²) < 4.78 is 4.50. The van der Waals surface area contributed by atoms with E-state index in [0.717, 1.165) is 0 Å². The van der Waals surface area contributed by atoms with Crippen LogP contribution >= 0.6 is 15.9 Å². The number of Topliss-reactive ketones (excluding diaryl/α,β-unsaturated/α-hetero) is 1. The van der Waals surface area contributed by atoms with Crippen LogP contribution in [0.1, 0.15) is 20.7 Å². The number of rotatable bonds is 3. The Morgan fingerprint density at radius 2 is 2.07 bits per heavy atom. The van der Waals surface area contributed by atoms with Crippen molar-refractivity contribution in [2.24, 2.45) is 0 Å². The largest absolute Gasteiger partial charge is 0.465 e. The van der Waals surface area contributed by atoms with Crippen molar-refractivity contribution in [3.05, 3.63) is 29.6 Å². The summed E-state index contributed by atoms with van der Waals surface area (Å²) in [7, 11) is 1.28. The lowest BCUT2D eigenvalue weighted by Gasteiger charge is -2.00. The minimum Gasteiger partial charge on any atom is -0.465 e. The second kappa shape index (κ2) is 4.85. The van der Waals surface area contributed by atoms with Crippen molar-refractivity contribution < 1.29 is 14.3 Å². The topological polar surface area (TPSA) is 56.3 Å². The molecule has 0 N–H and O–H groups in total. The molecule has 0 aromatic carbocycles. The summed E-state index contributed by atoms with van der Waals surface area (Å²) in [5, 5.41) is 0.208. The zero-order valence-electron chi connectivity index (χ0n) is 7.49. The fourth-order valence-corrected chi connectivity index (χ4v) is 1.22. The normalized spacial score (nSPS) is 9.57. The molecule has 0 spiro atoms. The van der Waals surface area contributed by atoms with Gasteiger partial charge in [-0.2, -0.15) is 0 Å². The number of hydrogen-bond acceptors (Lipinski definition) is 4. The number of hydrogen-bond donors (Lipinski definition) is 0. The molecule has 74 valence electrons. The number of aromatic nitrogens is 1. The first-order valence-electron chi connectivity index (χ1n) is 3.81. The van der Waals surface area contributed by atoms with Gasteiger partial charge in [0.25, 0.3) is 0 Å². The van der Waals surface area contributed by atoms with E-state index in [1.165, 1.54) is 25.6 Å². The zero-order valence-corrected chi connectivity index (χ0v) is 9.08. The van der Waals surface area contributed by atoms with Crippen LogP contribution in [0.4, 0.5) is 0 Å². The number of methoxy groups -OCH3 is 1. The van der Waals surface area contributed by atoms with Gasteiger partial charge in [0, 0.05) is 18.0 Å². The molecular formula is C9H8BrNO3. The summed E-state index contributed by atoms with van der Waals surface area (Å²) in [5.41, 5.74) is 0.670. The predicted octanol–water partition coefficient (Wildman–Crippen LogP) is 1.45. The number of esters is 1. The number of halogens is 1. The van der Waals surface area contributed by atoms with E-state index in [4.69, 9.17) is 0 Å². The van der Waals surface area contributed by atoms with Crippen LogP contribution in [0.5, 0.6) is 0 Å². The Labute approximate surface area is 89.4 Å². The standard InChI is InChI=1S/C9H8BrNO3/c1-14-9(13)7-2-6(4-11-5-7)8(12)3-10/h2,4-5H,3H2,1H3. The van der Waals surface area contributed by atoms with Gasteiger partial charge >= 0.3 is 5.97 Å². The number of carbonyl (C=O) groups is 2. The first-order chi connectivity index (χ1) is 6.69. The lowest BCUT2D eigenvalue weighted by Crippen LogP contribution is -2.06. The second-order valence-electron chi connectivity index (χ2n) is 2.51. The van der Waals surface area contributed by atoms with E-state index in [2.05, 4.69) is 25.7 Å². The third-order valence-electron chi connectivity index (χ3n) is 1.60.